The summed E-state index contributed by atoms with van der Waals surface area (Å²) in [4.78, 5) is 25.5. The van der Waals surface area contributed by atoms with Gasteiger partial charge in [-0.3, -0.25) is 9.59 Å². The van der Waals surface area contributed by atoms with Crippen LogP contribution in [0.15, 0.2) is 30.3 Å². The van der Waals surface area contributed by atoms with Crippen molar-refractivity contribution < 1.29 is 28.5 Å². The van der Waals surface area contributed by atoms with Crippen molar-refractivity contribution in [1.29, 1.82) is 0 Å². The summed E-state index contributed by atoms with van der Waals surface area (Å²) in [5.74, 6) is 3.05. The summed E-state index contributed by atoms with van der Waals surface area (Å²) in [6.45, 7) is 2.98. The first-order chi connectivity index (χ1) is 17.9. The summed E-state index contributed by atoms with van der Waals surface area (Å²) in [7, 11) is 6.25. The van der Waals surface area contributed by atoms with E-state index in [-0.39, 0.29) is 18.0 Å². The van der Waals surface area contributed by atoms with Crippen LogP contribution in [-0.4, -0.2) is 58.1 Å². The first kappa shape index (κ1) is 28.3. The topological polar surface area (TPSA) is 100 Å². The maximum Gasteiger partial charge on any atom is 0.240 e. The van der Waals surface area contributed by atoms with Gasteiger partial charge in [-0.05, 0) is 55.4 Å². The molecule has 0 saturated carbocycles. The van der Waals surface area contributed by atoms with Gasteiger partial charge < -0.3 is 29.6 Å². The molecule has 1 amide bonds. The summed E-state index contributed by atoms with van der Waals surface area (Å²) in [6.07, 6.45) is 6.88. The molecule has 2 aromatic carbocycles. The summed E-state index contributed by atoms with van der Waals surface area (Å²) in [5, 5.41) is 0. The van der Waals surface area contributed by atoms with Crippen molar-refractivity contribution >= 4 is 12.2 Å². The maximum atomic E-state index is 12.8. The van der Waals surface area contributed by atoms with Gasteiger partial charge in [0.05, 0.1) is 40.5 Å². The number of fused-ring (bicyclic) bond motifs is 3. The third kappa shape index (κ3) is 6.18. The van der Waals surface area contributed by atoms with Crippen LogP contribution in [0.3, 0.4) is 0 Å². The summed E-state index contributed by atoms with van der Waals surface area (Å²) < 4.78 is 20.8. The van der Waals surface area contributed by atoms with Gasteiger partial charge in [0.15, 0.2) is 11.5 Å². The minimum Gasteiger partial charge on any atom is -0.496 e. The van der Waals surface area contributed by atoms with Crippen LogP contribution in [0.2, 0.25) is 0 Å². The molecule has 0 bridgehead atoms. The highest BCUT2D eigenvalue weighted by Crippen LogP contribution is 2.43. The molecule has 0 radical (unpaired) electrons. The lowest BCUT2D eigenvalue weighted by atomic mass is 9.78. The number of carbonyl (C=O) groups excluding carboxylic acids is 2. The van der Waals surface area contributed by atoms with Crippen molar-refractivity contribution in [3.05, 3.63) is 47.0 Å². The normalized spacial score (nSPS) is 20.8. The fraction of sp³-hybridized carbons (Fsp3) is 0.517. The number of aldehydes is 1. The lowest BCUT2D eigenvalue weighted by molar-refractivity contribution is -0.138. The van der Waals surface area contributed by atoms with Crippen molar-refractivity contribution in [3.8, 4) is 23.0 Å². The largest absolute Gasteiger partial charge is 0.496 e. The Hall–Kier alpha value is -3.26. The van der Waals surface area contributed by atoms with Gasteiger partial charge in [0, 0.05) is 17.7 Å². The monoisotopic (exact) mass is 512 g/mol. The van der Waals surface area contributed by atoms with Crippen molar-refractivity contribution in [1.82, 2.24) is 4.90 Å². The molecule has 2 aliphatic rings. The third-order valence-corrected chi connectivity index (χ3v) is 7.27. The van der Waals surface area contributed by atoms with Gasteiger partial charge in [0.1, 0.15) is 12.0 Å². The average molecular weight is 513 g/mol. The lowest BCUT2D eigenvalue weighted by Crippen LogP contribution is -2.51. The number of ether oxygens (including phenoxy) is 4. The molecule has 8 heteroatoms. The molecule has 2 N–H and O–H groups in total. The number of methoxy groups -OCH3 is 4. The molecule has 3 unspecified atom stereocenters. The first-order valence-corrected chi connectivity index (χ1v) is 12.9. The van der Waals surface area contributed by atoms with Gasteiger partial charge in [0.2, 0.25) is 11.7 Å². The van der Waals surface area contributed by atoms with Crippen molar-refractivity contribution in [3.63, 3.8) is 0 Å². The van der Waals surface area contributed by atoms with Crippen LogP contribution in [0.4, 0.5) is 0 Å². The SMILES string of the molecule is CCCC1CCCC(N)C(=O)N2CCc3c(OC)cccc3C12.COc1cc(C=O)cc(OC)c1OC. The van der Waals surface area contributed by atoms with Crippen LogP contribution >= 0.6 is 0 Å². The zero-order chi connectivity index (χ0) is 26.9. The van der Waals surface area contributed by atoms with Crippen molar-refractivity contribution in [2.45, 2.75) is 57.5 Å². The molecule has 3 atom stereocenters. The number of carbonyl (C=O) groups is 2. The van der Waals surface area contributed by atoms with Gasteiger partial charge in [0.25, 0.3) is 0 Å². The van der Waals surface area contributed by atoms with Crippen LogP contribution in [0.1, 0.15) is 66.6 Å². The number of nitrogens with two attached hydrogens (primary N) is 1. The van der Waals surface area contributed by atoms with Crippen LogP contribution < -0.4 is 24.7 Å². The second-order valence-corrected chi connectivity index (χ2v) is 9.42. The minimum absolute atomic E-state index is 0.129. The van der Waals surface area contributed by atoms with E-state index in [4.69, 9.17) is 24.7 Å². The second-order valence-electron chi connectivity index (χ2n) is 9.42. The van der Waals surface area contributed by atoms with E-state index in [1.807, 2.05) is 12.1 Å². The highest BCUT2D eigenvalue weighted by atomic mass is 16.5. The number of benzene rings is 2. The predicted octanol–water partition coefficient (Wildman–Crippen LogP) is 4.57. The molecule has 2 aliphatic heterocycles. The van der Waals surface area contributed by atoms with Gasteiger partial charge in [-0.2, -0.15) is 0 Å². The van der Waals surface area contributed by atoms with Crippen LogP contribution in [0, 0.1) is 5.92 Å². The lowest BCUT2D eigenvalue weighted by Gasteiger charge is -2.44. The molecule has 1 saturated heterocycles. The number of nitrogens with zero attached hydrogens (tertiary/aromatic N) is 1. The Kier molecular flexibility index (Phi) is 10.2. The van der Waals surface area contributed by atoms with E-state index < -0.39 is 0 Å². The van der Waals surface area contributed by atoms with Gasteiger partial charge >= 0.3 is 0 Å². The molecule has 2 heterocycles. The Morgan fingerprint density at radius 2 is 1.68 bits per heavy atom. The quantitative estimate of drug-likeness (QED) is 0.542. The smallest absolute Gasteiger partial charge is 0.240 e. The Labute approximate surface area is 220 Å². The van der Waals surface area contributed by atoms with Crippen molar-refractivity contribution in [2.75, 3.05) is 35.0 Å². The molecule has 1 fully saturated rings. The Morgan fingerprint density at radius 1 is 1.00 bits per heavy atom. The molecule has 0 aliphatic carbocycles. The van der Waals surface area contributed by atoms with E-state index in [2.05, 4.69) is 17.9 Å². The number of hydrogen-bond donors (Lipinski definition) is 1. The predicted molar refractivity (Wildman–Crippen MR) is 143 cm³/mol. The van der Waals surface area contributed by atoms with Gasteiger partial charge in [-0.25, -0.2) is 0 Å². The number of hydrogen-bond acceptors (Lipinski definition) is 7. The summed E-state index contributed by atoms with van der Waals surface area (Å²) >= 11 is 0. The van der Waals surface area contributed by atoms with Crippen LogP contribution in [0.5, 0.6) is 23.0 Å². The maximum absolute atomic E-state index is 12.8. The molecular weight excluding hydrogens is 472 g/mol. The molecule has 2 aromatic rings. The summed E-state index contributed by atoms with van der Waals surface area (Å²) in [5.41, 5.74) is 9.17. The van der Waals surface area contributed by atoms with E-state index in [0.29, 0.717) is 28.7 Å². The van der Waals surface area contributed by atoms with E-state index >= 15 is 0 Å². The van der Waals surface area contributed by atoms with E-state index in [1.54, 1.807) is 19.2 Å². The van der Waals surface area contributed by atoms with E-state index in [0.717, 1.165) is 57.1 Å². The van der Waals surface area contributed by atoms with Gasteiger partial charge in [-0.1, -0.05) is 31.9 Å². The molecule has 202 valence electrons. The highest BCUT2D eigenvalue weighted by molar-refractivity contribution is 5.82. The molecule has 0 aromatic heterocycles. The van der Waals surface area contributed by atoms with Crippen molar-refractivity contribution in [2.24, 2.45) is 11.7 Å². The van der Waals surface area contributed by atoms with Crippen LogP contribution in [0.25, 0.3) is 0 Å². The average Bonchev–Trinajstić information content (AvgIpc) is 2.94. The summed E-state index contributed by atoms with van der Waals surface area (Å²) in [6, 6.07) is 9.26. The van der Waals surface area contributed by atoms with Crippen LogP contribution in [-0.2, 0) is 11.2 Å². The van der Waals surface area contributed by atoms with E-state index in [1.165, 1.54) is 32.5 Å². The first-order valence-electron chi connectivity index (χ1n) is 12.9. The Bertz CT molecular complexity index is 1050. The number of rotatable bonds is 7. The molecule has 0 spiro atoms. The fourth-order valence-electron chi connectivity index (χ4n) is 5.55. The Morgan fingerprint density at radius 3 is 2.24 bits per heavy atom. The molecular formula is C29H40N2O6. The van der Waals surface area contributed by atoms with Gasteiger partial charge in [-0.15, -0.1) is 0 Å². The zero-order valence-corrected chi connectivity index (χ0v) is 22.6. The zero-order valence-electron chi connectivity index (χ0n) is 22.6. The standard InChI is InChI=1S/C19H28N2O2.C10H12O4/c1-3-6-13-7-4-9-16(20)19(22)21-12-11-14-15(18(13)21)8-5-10-17(14)23-2;1-12-8-4-7(6-11)5-9(13-2)10(8)14-3/h5,8,10,13,16,18H,3-4,6-7,9,11-12,20H2,1-2H3;4-6H,1-3H3. The second kappa shape index (κ2) is 13.3. The molecule has 4 rings (SSSR count). The molecule has 8 nitrogen and oxygen atoms in total. The molecule has 37 heavy (non-hydrogen) atoms. The minimum atomic E-state index is -0.341. The fourth-order valence-corrected chi connectivity index (χ4v) is 5.55. The highest BCUT2D eigenvalue weighted by Gasteiger charge is 2.39. The van der Waals surface area contributed by atoms with E-state index in [9.17, 15) is 9.59 Å². The number of amides is 1. The Balaban J connectivity index is 0.000000233. The third-order valence-electron chi connectivity index (χ3n) is 7.27.